The summed E-state index contributed by atoms with van der Waals surface area (Å²) in [5.41, 5.74) is 3.67. The van der Waals surface area contributed by atoms with Gasteiger partial charge in [-0.25, -0.2) is 4.79 Å². The maximum atomic E-state index is 13.2. The number of piperidine rings is 1. The van der Waals surface area contributed by atoms with Gasteiger partial charge in [-0.1, -0.05) is 6.07 Å². The van der Waals surface area contributed by atoms with Crippen molar-refractivity contribution in [2.24, 2.45) is 5.73 Å². The Bertz CT molecular complexity index is 841. The molecule has 172 valence electrons. The zero-order chi connectivity index (χ0) is 23.0. The number of likely N-dealkylation sites (tertiary alicyclic amines) is 2. The van der Waals surface area contributed by atoms with Crippen LogP contribution in [-0.4, -0.2) is 52.6 Å². The molecule has 2 amide bonds. The minimum atomic E-state index is -4.63. The van der Waals surface area contributed by atoms with Crippen LogP contribution in [0.2, 0.25) is 0 Å². The molecule has 0 atom stereocenters. The lowest BCUT2D eigenvalue weighted by molar-refractivity contribution is -0.137. The minimum Gasteiger partial charge on any atom is -0.444 e. The average Bonchev–Trinajstić information content (AvgIpc) is 3.01. The predicted octanol–water partition coefficient (Wildman–Crippen LogP) is 4.17. The molecule has 31 heavy (non-hydrogen) atoms. The van der Waals surface area contributed by atoms with E-state index < -0.39 is 28.8 Å². The summed E-state index contributed by atoms with van der Waals surface area (Å²) in [6, 6.07) is 3.60. The van der Waals surface area contributed by atoms with Gasteiger partial charge in [0.2, 0.25) is 5.91 Å². The van der Waals surface area contributed by atoms with Crippen LogP contribution < -0.4 is 5.73 Å². The summed E-state index contributed by atoms with van der Waals surface area (Å²) < 4.78 is 45.0. The second-order valence-corrected chi connectivity index (χ2v) is 9.46. The zero-order valence-electron chi connectivity index (χ0n) is 18.2. The van der Waals surface area contributed by atoms with Gasteiger partial charge in [-0.3, -0.25) is 9.69 Å². The first kappa shape index (κ1) is 23.4. The number of alkyl halides is 3. The van der Waals surface area contributed by atoms with Crippen molar-refractivity contribution < 1.29 is 27.5 Å². The highest BCUT2D eigenvalue weighted by Gasteiger charge is 2.44. The molecule has 9 heteroatoms. The van der Waals surface area contributed by atoms with Crippen molar-refractivity contribution in [3.63, 3.8) is 0 Å². The van der Waals surface area contributed by atoms with Crippen LogP contribution in [0.15, 0.2) is 18.2 Å². The van der Waals surface area contributed by atoms with E-state index in [2.05, 4.69) is 4.90 Å². The van der Waals surface area contributed by atoms with Crippen molar-refractivity contribution in [3.8, 4) is 0 Å². The number of carbonyl (C=O) groups excluding carboxylic acids is 2. The highest BCUT2D eigenvalue weighted by molar-refractivity contribution is 5.94. The fourth-order valence-corrected chi connectivity index (χ4v) is 4.60. The number of primary amides is 1. The fourth-order valence-electron chi connectivity index (χ4n) is 4.60. The van der Waals surface area contributed by atoms with Crippen LogP contribution >= 0.6 is 0 Å². The summed E-state index contributed by atoms with van der Waals surface area (Å²) in [6.07, 6.45) is -1.45. The fraction of sp³-hybridized carbons (Fsp3) is 0.636. The van der Waals surface area contributed by atoms with E-state index in [1.54, 1.807) is 4.90 Å². The third kappa shape index (κ3) is 5.31. The molecule has 1 aromatic carbocycles. The highest BCUT2D eigenvalue weighted by Crippen LogP contribution is 2.40. The van der Waals surface area contributed by atoms with E-state index in [1.165, 1.54) is 12.1 Å². The number of rotatable bonds is 3. The lowest BCUT2D eigenvalue weighted by Crippen LogP contribution is -2.53. The largest absolute Gasteiger partial charge is 0.444 e. The van der Waals surface area contributed by atoms with Gasteiger partial charge in [-0.2, -0.15) is 13.2 Å². The van der Waals surface area contributed by atoms with Crippen LogP contribution in [-0.2, 0) is 17.5 Å². The molecular weight excluding hydrogens is 411 g/mol. The number of amides is 2. The van der Waals surface area contributed by atoms with Gasteiger partial charge in [-0.05, 0) is 70.7 Å². The standard InChI is InChI=1S/C22H30F3N3O3/c1-20(2,3)31-19(30)27-11-8-21(9-12-27)7-4-10-28(21)14-15-5-6-17(22(23,24)25)16(13-15)18(26)29/h5-6,13H,4,7-12,14H2,1-3H3,(H2,26,29). The molecule has 1 aromatic rings. The molecule has 2 saturated heterocycles. The van der Waals surface area contributed by atoms with Gasteiger partial charge >= 0.3 is 12.3 Å². The van der Waals surface area contributed by atoms with E-state index >= 15 is 0 Å². The molecule has 1 spiro atoms. The second-order valence-electron chi connectivity index (χ2n) is 9.46. The Morgan fingerprint density at radius 3 is 2.29 bits per heavy atom. The third-order valence-corrected chi connectivity index (χ3v) is 6.12. The van der Waals surface area contributed by atoms with Gasteiger partial charge in [0, 0.05) is 25.2 Å². The predicted molar refractivity (Wildman–Crippen MR) is 109 cm³/mol. The molecule has 2 aliphatic heterocycles. The minimum absolute atomic E-state index is 0.103. The first-order chi connectivity index (χ1) is 14.3. The number of nitrogens with zero attached hydrogens (tertiary/aromatic N) is 2. The number of hydrogen-bond acceptors (Lipinski definition) is 4. The van der Waals surface area contributed by atoms with E-state index in [0.29, 0.717) is 25.2 Å². The summed E-state index contributed by atoms with van der Waals surface area (Å²) in [5, 5.41) is 0. The molecule has 0 aliphatic carbocycles. The van der Waals surface area contributed by atoms with Crippen molar-refractivity contribution >= 4 is 12.0 Å². The summed E-state index contributed by atoms with van der Waals surface area (Å²) >= 11 is 0. The molecule has 2 fully saturated rings. The molecule has 2 heterocycles. The Labute approximate surface area is 180 Å². The van der Waals surface area contributed by atoms with Crippen LogP contribution in [0.5, 0.6) is 0 Å². The number of halogens is 3. The summed E-state index contributed by atoms with van der Waals surface area (Å²) in [7, 11) is 0. The van der Waals surface area contributed by atoms with E-state index in [4.69, 9.17) is 10.5 Å². The molecule has 0 unspecified atom stereocenters. The van der Waals surface area contributed by atoms with Gasteiger partial charge in [0.15, 0.2) is 0 Å². The van der Waals surface area contributed by atoms with Gasteiger partial charge < -0.3 is 15.4 Å². The van der Waals surface area contributed by atoms with Crippen LogP contribution in [0.4, 0.5) is 18.0 Å². The van der Waals surface area contributed by atoms with Crippen LogP contribution in [0.3, 0.4) is 0 Å². The number of hydrogen-bond donors (Lipinski definition) is 1. The van der Waals surface area contributed by atoms with Gasteiger partial charge in [-0.15, -0.1) is 0 Å². The van der Waals surface area contributed by atoms with E-state index in [0.717, 1.165) is 38.3 Å². The Morgan fingerprint density at radius 2 is 1.74 bits per heavy atom. The van der Waals surface area contributed by atoms with Crippen LogP contribution in [0.1, 0.15) is 67.9 Å². The molecule has 2 aliphatic rings. The van der Waals surface area contributed by atoms with Crippen molar-refractivity contribution in [2.45, 2.75) is 70.3 Å². The van der Waals surface area contributed by atoms with E-state index in [1.807, 2.05) is 20.8 Å². The molecule has 0 bridgehead atoms. The molecule has 2 N–H and O–H groups in total. The van der Waals surface area contributed by atoms with Crippen molar-refractivity contribution in [1.82, 2.24) is 9.80 Å². The topological polar surface area (TPSA) is 75.9 Å². The molecule has 6 nitrogen and oxygen atoms in total. The Hall–Kier alpha value is -2.29. The Morgan fingerprint density at radius 1 is 1.10 bits per heavy atom. The smallest absolute Gasteiger partial charge is 0.417 e. The van der Waals surface area contributed by atoms with E-state index in [9.17, 15) is 22.8 Å². The number of ether oxygens (including phenoxy) is 1. The SMILES string of the molecule is CC(C)(C)OC(=O)N1CCC2(CCCN2Cc2ccc(C(F)(F)F)c(C(N)=O)c2)CC1. The van der Waals surface area contributed by atoms with Gasteiger partial charge in [0.05, 0.1) is 11.1 Å². The van der Waals surface area contributed by atoms with Crippen molar-refractivity contribution in [2.75, 3.05) is 19.6 Å². The van der Waals surface area contributed by atoms with Crippen molar-refractivity contribution in [1.29, 1.82) is 0 Å². The number of nitrogens with two attached hydrogens (primary N) is 1. The van der Waals surface area contributed by atoms with Crippen molar-refractivity contribution in [3.05, 3.63) is 34.9 Å². The summed E-state index contributed by atoms with van der Waals surface area (Å²) in [6.45, 7) is 7.90. The van der Waals surface area contributed by atoms with Gasteiger partial charge in [0.1, 0.15) is 5.60 Å². The molecule has 0 radical (unpaired) electrons. The third-order valence-electron chi connectivity index (χ3n) is 6.12. The normalized spacial score (nSPS) is 19.6. The maximum absolute atomic E-state index is 13.2. The molecule has 0 aromatic heterocycles. The lowest BCUT2D eigenvalue weighted by Gasteiger charge is -2.45. The zero-order valence-corrected chi connectivity index (χ0v) is 18.2. The Kier molecular flexibility index (Phi) is 6.28. The quantitative estimate of drug-likeness (QED) is 0.764. The monoisotopic (exact) mass is 441 g/mol. The van der Waals surface area contributed by atoms with Gasteiger partial charge in [0.25, 0.3) is 0 Å². The summed E-state index contributed by atoms with van der Waals surface area (Å²) in [5.74, 6) is -1.09. The first-order valence-electron chi connectivity index (χ1n) is 10.5. The molecule has 0 saturated carbocycles. The van der Waals surface area contributed by atoms with Crippen LogP contribution in [0, 0.1) is 0 Å². The molecule has 3 rings (SSSR count). The maximum Gasteiger partial charge on any atom is 0.417 e. The highest BCUT2D eigenvalue weighted by atomic mass is 19.4. The lowest BCUT2D eigenvalue weighted by atomic mass is 9.84. The number of benzene rings is 1. The average molecular weight is 441 g/mol. The summed E-state index contributed by atoms with van der Waals surface area (Å²) in [4.78, 5) is 28.0. The van der Waals surface area contributed by atoms with E-state index in [-0.39, 0.29) is 11.6 Å². The Balaban J connectivity index is 1.71. The first-order valence-corrected chi connectivity index (χ1v) is 10.5. The molecular formula is C22H30F3N3O3. The second kappa shape index (κ2) is 8.33. The van der Waals surface area contributed by atoms with Crippen LogP contribution in [0.25, 0.3) is 0 Å². The number of carbonyl (C=O) groups is 2.